The van der Waals surface area contributed by atoms with Crippen LogP contribution in [0.25, 0.3) is 10.2 Å². The van der Waals surface area contributed by atoms with Gasteiger partial charge in [0.05, 0.1) is 30.5 Å². The fourth-order valence-electron chi connectivity index (χ4n) is 4.58. The van der Waals surface area contributed by atoms with Gasteiger partial charge < -0.3 is 25.8 Å². The minimum absolute atomic E-state index is 0.282. The van der Waals surface area contributed by atoms with Gasteiger partial charge in [-0.05, 0) is 50.5 Å². The number of aromatic nitrogens is 4. The largest absolute Gasteiger partial charge is 0.474 e. The Balaban J connectivity index is 0.000000257. The van der Waals surface area contributed by atoms with Crippen LogP contribution in [0.1, 0.15) is 55.9 Å². The molecule has 0 bridgehead atoms. The normalized spacial score (nSPS) is 17.4. The minimum Gasteiger partial charge on any atom is -0.474 e. The van der Waals surface area contributed by atoms with Gasteiger partial charge in [0.1, 0.15) is 10.9 Å². The van der Waals surface area contributed by atoms with Crippen molar-refractivity contribution in [3.63, 3.8) is 0 Å². The molecule has 1 saturated heterocycles. The first kappa shape index (κ1) is 26.3. The summed E-state index contributed by atoms with van der Waals surface area (Å²) in [6.07, 6.45) is 13.6. The van der Waals surface area contributed by atoms with Crippen LogP contribution in [0.5, 0.6) is 5.88 Å². The number of morpholine rings is 1. The smallest absolute Gasteiger partial charge is 0.232 e. The first-order chi connectivity index (χ1) is 17.5. The zero-order valence-electron chi connectivity index (χ0n) is 21.2. The number of carbonyl (C=O) groups excluding carboxylic acids is 1. The number of fused-ring (bicyclic) bond motifs is 3. The van der Waals surface area contributed by atoms with E-state index in [-0.39, 0.29) is 12.0 Å². The second kappa shape index (κ2) is 13.0. The molecule has 11 heteroatoms. The topological polar surface area (TPSA) is 129 Å². The van der Waals surface area contributed by atoms with Crippen molar-refractivity contribution in [1.29, 1.82) is 0 Å². The summed E-state index contributed by atoms with van der Waals surface area (Å²) in [5, 5.41) is 11.8. The number of carbonyl (C=O) groups is 1. The SMILES string of the molecule is C1COCCN1.CC(N)=O.Cn1cc(Nc2nc(OC3CCCCC3)c3c4c(sc3n2)CCC4)cn1. The van der Waals surface area contributed by atoms with Crippen LogP contribution in [-0.4, -0.2) is 58.1 Å². The van der Waals surface area contributed by atoms with Gasteiger partial charge in [0, 0.05) is 38.1 Å². The molecule has 3 aromatic rings. The van der Waals surface area contributed by atoms with Gasteiger partial charge in [-0.1, -0.05) is 6.42 Å². The molecule has 2 aliphatic carbocycles. The Morgan fingerprint density at radius 2 is 1.94 bits per heavy atom. The molecule has 3 aliphatic rings. The number of nitrogens with two attached hydrogens (primary N) is 1. The number of aryl methyl sites for hydroxylation is 3. The van der Waals surface area contributed by atoms with Gasteiger partial charge in [-0.2, -0.15) is 10.1 Å². The highest BCUT2D eigenvalue weighted by Crippen LogP contribution is 2.41. The van der Waals surface area contributed by atoms with Crippen LogP contribution in [0.4, 0.5) is 11.6 Å². The molecule has 1 saturated carbocycles. The number of rotatable bonds is 4. The van der Waals surface area contributed by atoms with E-state index in [2.05, 4.69) is 21.5 Å². The zero-order valence-corrected chi connectivity index (χ0v) is 22.0. The van der Waals surface area contributed by atoms with Crippen LogP contribution in [0.2, 0.25) is 0 Å². The fourth-order valence-corrected chi connectivity index (χ4v) is 5.83. The molecule has 0 radical (unpaired) electrons. The van der Waals surface area contributed by atoms with Crippen molar-refractivity contribution in [3.05, 3.63) is 22.8 Å². The van der Waals surface area contributed by atoms with E-state index in [0.717, 1.165) is 73.8 Å². The summed E-state index contributed by atoms with van der Waals surface area (Å²) in [6.45, 7) is 5.14. The zero-order chi connectivity index (χ0) is 25.3. The second-order valence-corrected chi connectivity index (χ2v) is 10.4. The molecule has 6 rings (SSSR count). The van der Waals surface area contributed by atoms with Gasteiger partial charge >= 0.3 is 0 Å². The number of nitrogens with zero attached hydrogens (tertiary/aromatic N) is 4. The number of anilines is 2. The van der Waals surface area contributed by atoms with Gasteiger partial charge in [0.2, 0.25) is 17.7 Å². The number of hydrogen-bond acceptors (Lipinski definition) is 9. The number of ether oxygens (including phenoxy) is 2. The highest BCUT2D eigenvalue weighted by molar-refractivity contribution is 7.19. The summed E-state index contributed by atoms with van der Waals surface area (Å²) < 4.78 is 13.2. The van der Waals surface area contributed by atoms with E-state index in [4.69, 9.17) is 19.4 Å². The summed E-state index contributed by atoms with van der Waals surface area (Å²) in [5.74, 6) is 1.03. The van der Waals surface area contributed by atoms with Crippen molar-refractivity contribution in [2.45, 2.75) is 64.4 Å². The standard InChI is InChI=1S/C19H23N5OS.C4H9NO.C2H5NO/c1-24-11-12(10-20-24)21-19-22-17(25-13-6-3-2-4-7-13)16-14-8-5-9-15(14)26-18(16)23-19;1-3-6-4-2-5-1;1-2(3)4/h10-11,13H,2-9H2,1H3,(H,21,22,23);5H,1-4H2;1H3,(H2,3,4). The number of nitrogens with one attached hydrogen (secondary N) is 2. The van der Waals surface area contributed by atoms with Gasteiger partial charge in [0.15, 0.2) is 0 Å². The van der Waals surface area contributed by atoms with Crippen molar-refractivity contribution >= 4 is 39.1 Å². The maximum Gasteiger partial charge on any atom is 0.232 e. The van der Waals surface area contributed by atoms with E-state index >= 15 is 0 Å². The first-order valence-electron chi connectivity index (χ1n) is 12.8. The second-order valence-electron chi connectivity index (χ2n) is 9.27. The quantitative estimate of drug-likeness (QED) is 0.482. The lowest BCUT2D eigenvalue weighted by Crippen LogP contribution is -2.30. The lowest BCUT2D eigenvalue weighted by molar-refractivity contribution is -0.115. The van der Waals surface area contributed by atoms with Crippen molar-refractivity contribution in [1.82, 2.24) is 25.1 Å². The molecule has 0 aromatic carbocycles. The third kappa shape index (κ3) is 7.37. The van der Waals surface area contributed by atoms with Crippen LogP contribution >= 0.6 is 11.3 Å². The highest BCUT2D eigenvalue weighted by atomic mass is 32.1. The summed E-state index contributed by atoms with van der Waals surface area (Å²) in [5.41, 5.74) is 6.78. The summed E-state index contributed by atoms with van der Waals surface area (Å²) in [7, 11) is 1.90. The molecule has 0 atom stereocenters. The maximum absolute atomic E-state index is 9.22. The molecule has 10 nitrogen and oxygen atoms in total. The van der Waals surface area contributed by atoms with Crippen molar-refractivity contribution in [3.8, 4) is 5.88 Å². The Morgan fingerprint density at radius 3 is 2.56 bits per heavy atom. The van der Waals surface area contributed by atoms with Crippen LogP contribution in [0.15, 0.2) is 12.4 Å². The molecule has 36 heavy (non-hydrogen) atoms. The highest BCUT2D eigenvalue weighted by Gasteiger charge is 2.25. The summed E-state index contributed by atoms with van der Waals surface area (Å²) >= 11 is 1.80. The Bertz CT molecular complexity index is 1120. The number of amides is 1. The van der Waals surface area contributed by atoms with E-state index in [9.17, 15) is 4.79 Å². The molecular formula is C25H37N7O3S. The third-order valence-electron chi connectivity index (χ3n) is 6.17. The molecule has 196 valence electrons. The number of primary amides is 1. The van der Waals surface area contributed by atoms with Crippen LogP contribution in [0, 0.1) is 0 Å². The summed E-state index contributed by atoms with van der Waals surface area (Å²) in [6, 6.07) is 0. The first-order valence-corrected chi connectivity index (χ1v) is 13.6. The third-order valence-corrected chi connectivity index (χ3v) is 7.36. The van der Waals surface area contributed by atoms with E-state index < -0.39 is 0 Å². The molecule has 3 aromatic heterocycles. The average molecular weight is 516 g/mol. The molecular weight excluding hydrogens is 478 g/mol. The van der Waals surface area contributed by atoms with E-state index in [0.29, 0.717) is 5.95 Å². The van der Waals surface area contributed by atoms with Gasteiger partial charge in [-0.25, -0.2) is 4.98 Å². The fraction of sp³-hybridized carbons (Fsp3) is 0.600. The van der Waals surface area contributed by atoms with Crippen LogP contribution in [-0.2, 0) is 29.4 Å². The summed E-state index contributed by atoms with van der Waals surface area (Å²) in [4.78, 5) is 21.3. The molecule has 1 aliphatic heterocycles. The maximum atomic E-state index is 9.22. The Kier molecular flexibility index (Phi) is 9.48. The Hall–Kier alpha value is -2.76. The van der Waals surface area contributed by atoms with Crippen LogP contribution < -0.4 is 21.1 Å². The van der Waals surface area contributed by atoms with E-state index in [1.165, 1.54) is 43.0 Å². The van der Waals surface area contributed by atoms with Gasteiger partial charge in [-0.3, -0.25) is 9.48 Å². The van der Waals surface area contributed by atoms with Crippen LogP contribution in [0.3, 0.4) is 0 Å². The van der Waals surface area contributed by atoms with E-state index in [1.54, 1.807) is 22.2 Å². The predicted octanol–water partition coefficient (Wildman–Crippen LogP) is 3.47. The molecule has 0 spiro atoms. The Morgan fingerprint density at radius 1 is 1.19 bits per heavy atom. The van der Waals surface area contributed by atoms with Crippen molar-refractivity contribution in [2.24, 2.45) is 12.8 Å². The molecule has 4 heterocycles. The van der Waals surface area contributed by atoms with Gasteiger partial charge in [0.25, 0.3) is 0 Å². The lowest BCUT2D eigenvalue weighted by Gasteiger charge is -2.23. The molecule has 4 N–H and O–H groups in total. The lowest BCUT2D eigenvalue weighted by atomic mass is 9.98. The van der Waals surface area contributed by atoms with E-state index in [1.807, 2.05) is 13.2 Å². The van der Waals surface area contributed by atoms with Gasteiger partial charge in [-0.15, -0.1) is 11.3 Å². The Labute approximate surface area is 216 Å². The molecule has 0 unspecified atom stereocenters. The molecule has 1 amide bonds. The molecule has 2 fully saturated rings. The average Bonchev–Trinajstić information content (AvgIpc) is 3.57. The van der Waals surface area contributed by atoms with Crippen molar-refractivity contribution in [2.75, 3.05) is 31.6 Å². The predicted molar refractivity (Wildman–Crippen MR) is 142 cm³/mol. The minimum atomic E-state index is -0.333. The van der Waals surface area contributed by atoms with Crippen molar-refractivity contribution < 1.29 is 14.3 Å². The number of hydrogen-bond donors (Lipinski definition) is 3. The number of thiophene rings is 1. The monoisotopic (exact) mass is 515 g/mol.